The van der Waals surface area contributed by atoms with Gasteiger partial charge >= 0.3 is 0 Å². The maximum atomic E-state index is 10.8. The van der Waals surface area contributed by atoms with Crippen molar-refractivity contribution in [2.45, 2.75) is 35.4 Å². The first-order valence-electron chi connectivity index (χ1n) is 10.9. The number of anilines is 3. The van der Waals surface area contributed by atoms with Crippen LogP contribution in [0, 0.1) is 12.8 Å². The van der Waals surface area contributed by atoms with Crippen molar-refractivity contribution < 1.29 is 9.39 Å². The molecule has 4 aromatic rings. The summed E-state index contributed by atoms with van der Waals surface area (Å²) in [5, 5.41) is 24.3. The second kappa shape index (κ2) is 7.50. The molecule has 0 bridgehead atoms. The van der Waals surface area contributed by atoms with E-state index in [1.807, 2.05) is 31.2 Å². The molecule has 1 aliphatic heterocycles. The summed E-state index contributed by atoms with van der Waals surface area (Å²) in [6, 6.07) is 18.6. The van der Waals surface area contributed by atoms with Gasteiger partial charge in [0, 0.05) is 27.0 Å². The van der Waals surface area contributed by atoms with Crippen molar-refractivity contribution in [2.75, 3.05) is 23.3 Å². The number of benzene rings is 2. The third-order valence-electron chi connectivity index (χ3n) is 6.17. The van der Waals surface area contributed by atoms with E-state index in [2.05, 4.69) is 50.7 Å². The van der Waals surface area contributed by atoms with Gasteiger partial charge in [-0.1, -0.05) is 30.3 Å². The average Bonchev–Trinajstić information content (AvgIpc) is 3.54. The Kier molecular flexibility index (Phi) is 4.58. The fourth-order valence-corrected chi connectivity index (χ4v) is 5.11. The van der Waals surface area contributed by atoms with Gasteiger partial charge in [0.25, 0.3) is 0 Å². The zero-order chi connectivity index (χ0) is 21.7. The van der Waals surface area contributed by atoms with Crippen LogP contribution in [0.1, 0.15) is 22.8 Å². The predicted octanol–water partition coefficient (Wildman–Crippen LogP) is 5.26. The fourth-order valence-electron chi connectivity index (χ4n) is 4.29. The van der Waals surface area contributed by atoms with Gasteiger partial charge in [0.1, 0.15) is 17.2 Å². The van der Waals surface area contributed by atoms with Crippen LogP contribution < -0.4 is 10.2 Å². The molecule has 168 valence electrons. The number of nitrogens with zero attached hydrogens (tertiary/aromatic N) is 4. The van der Waals surface area contributed by atoms with Crippen molar-refractivity contribution in [2.24, 2.45) is 5.92 Å². The summed E-state index contributed by atoms with van der Waals surface area (Å²) in [5.74, 6) is 2.67. The van der Waals surface area contributed by atoms with Gasteiger partial charge in [0.05, 0.1) is 13.1 Å². The summed E-state index contributed by atoms with van der Waals surface area (Å²) in [6.45, 7) is 3.20. The molecule has 0 spiro atoms. The second-order valence-electron chi connectivity index (χ2n) is 8.80. The van der Waals surface area contributed by atoms with E-state index in [0.717, 1.165) is 29.2 Å². The first kappa shape index (κ1) is 19.6. The summed E-state index contributed by atoms with van der Waals surface area (Å²) in [6.07, 6.45) is 2.25. The minimum atomic E-state index is -0.566. The third kappa shape index (κ3) is 3.80. The summed E-state index contributed by atoms with van der Waals surface area (Å²) in [5.41, 5.74) is 0.411. The van der Waals surface area contributed by atoms with Crippen LogP contribution in [0.5, 0.6) is 0 Å². The monoisotopic (exact) mass is 450 g/mol. The van der Waals surface area contributed by atoms with E-state index in [-0.39, 0.29) is 4.28 Å². The zero-order valence-electron chi connectivity index (χ0n) is 17.7. The van der Waals surface area contributed by atoms with Gasteiger partial charge in [0.2, 0.25) is 0 Å². The van der Waals surface area contributed by atoms with Crippen LogP contribution >= 0.6 is 11.8 Å². The molecule has 1 saturated carbocycles. The quantitative estimate of drug-likeness (QED) is 0.345. The number of rotatable bonds is 6. The highest BCUT2D eigenvalue weighted by Gasteiger charge is 2.52. The van der Waals surface area contributed by atoms with Crippen molar-refractivity contribution in [3.05, 3.63) is 60.3 Å². The number of fused-ring (bicyclic) bond motifs is 1. The Morgan fingerprint density at radius 3 is 2.62 bits per heavy atom. The maximum Gasteiger partial charge on any atom is 0.196 e. The lowest BCUT2D eigenvalue weighted by molar-refractivity contribution is -0.00980. The normalized spacial score (nSPS) is 17.4. The molecule has 2 aliphatic rings. The van der Waals surface area contributed by atoms with Gasteiger partial charge in [-0.2, -0.15) is 5.10 Å². The number of aromatic nitrogens is 4. The number of aryl methyl sites for hydroxylation is 1. The van der Waals surface area contributed by atoms with Gasteiger partial charge < -0.3 is 15.3 Å². The van der Waals surface area contributed by atoms with Crippen LogP contribution in [0.15, 0.2) is 64.6 Å². The highest BCUT2D eigenvalue weighted by atomic mass is 32.2. The molecule has 3 heterocycles. The number of aliphatic hydroxyl groups is 1. The number of hydrogen-bond acceptors (Lipinski definition) is 7. The molecule has 2 aromatic heterocycles. The standard InChI is InChI=1S/C24H24N6OS.3H2/c1-15-10-21(29-28-15)25-20-12-22(30-13-24(31,14-30)18-7-8-18)27-23(26-20)32-19-9-6-16-4-2-3-5-17(16)11-19;;;/h2-6,9-12,18,31H,7-8,13-14H2,1H3,(H2,25,26,27,28,29);3*1H. The average molecular weight is 451 g/mol. The lowest BCUT2D eigenvalue weighted by Crippen LogP contribution is -2.63. The van der Waals surface area contributed by atoms with Crippen LogP contribution in [0.25, 0.3) is 10.8 Å². The minimum Gasteiger partial charge on any atom is -0.386 e. The van der Waals surface area contributed by atoms with Crippen molar-refractivity contribution >= 4 is 40.0 Å². The second-order valence-corrected chi connectivity index (χ2v) is 9.84. The number of β-amino-alcohol motifs (C(OH)–C–C–N with tert-alkyl or cyclic N) is 1. The highest BCUT2D eigenvalue weighted by molar-refractivity contribution is 7.99. The third-order valence-corrected chi connectivity index (χ3v) is 7.03. The Morgan fingerprint density at radius 2 is 1.88 bits per heavy atom. The van der Waals surface area contributed by atoms with E-state index in [4.69, 9.17) is 9.97 Å². The van der Waals surface area contributed by atoms with E-state index in [9.17, 15) is 5.11 Å². The van der Waals surface area contributed by atoms with Crippen LogP contribution in [-0.2, 0) is 0 Å². The molecule has 6 rings (SSSR count). The van der Waals surface area contributed by atoms with E-state index < -0.39 is 5.60 Å². The van der Waals surface area contributed by atoms with E-state index >= 15 is 0 Å². The molecular weight excluding hydrogens is 420 g/mol. The summed E-state index contributed by atoms with van der Waals surface area (Å²) in [7, 11) is 0. The number of aromatic amines is 1. The number of nitrogens with one attached hydrogen (secondary N) is 2. The molecule has 1 aliphatic carbocycles. The lowest BCUT2D eigenvalue weighted by Gasteiger charge is -2.47. The van der Waals surface area contributed by atoms with Crippen molar-refractivity contribution in [1.82, 2.24) is 20.2 Å². The largest absolute Gasteiger partial charge is 0.386 e. The molecule has 2 fully saturated rings. The lowest BCUT2D eigenvalue weighted by atomic mass is 9.89. The van der Waals surface area contributed by atoms with Crippen LogP contribution in [0.3, 0.4) is 0 Å². The Labute approximate surface area is 194 Å². The molecule has 7 nitrogen and oxygen atoms in total. The Hall–Kier alpha value is -3.10. The number of H-pyrrole nitrogens is 1. The molecule has 8 heteroatoms. The molecular formula is C24H30N6OS. The van der Waals surface area contributed by atoms with Crippen LogP contribution in [0.2, 0.25) is 0 Å². The minimum absolute atomic E-state index is 0. The van der Waals surface area contributed by atoms with Gasteiger partial charge in [-0.3, -0.25) is 5.10 Å². The Balaban J connectivity index is 0.00000114. The van der Waals surface area contributed by atoms with E-state index in [0.29, 0.717) is 35.8 Å². The fraction of sp³-hybridized carbons (Fsp3) is 0.292. The van der Waals surface area contributed by atoms with Crippen LogP contribution in [-0.4, -0.2) is 44.0 Å². The number of hydrogen-bond donors (Lipinski definition) is 3. The molecule has 0 radical (unpaired) electrons. The SMILES string of the molecule is Cc1cc(Nc2cc(N3CC(O)(C4CC4)C3)nc(Sc3ccc4ccccc4c3)n2)n[nH]1.[HH].[HH].[HH]. The van der Waals surface area contributed by atoms with Gasteiger partial charge in [-0.05, 0) is 60.4 Å². The highest BCUT2D eigenvalue weighted by Crippen LogP contribution is 2.45. The molecule has 32 heavy (non-hydrogen) atoms. The topological polar surface area (TPSA) is 90.0 Å². The summed E-state index contributed by atoms with van der Waals surface area (Å²) >= 11 is 1.54. The first-order chi connectivity index (χ1) is 15.5. The first-order valence-corrected chi connectivity index (χ1v) is 11.7. The summed E-state index contributed by atoms with van der Waals surface area (Å²) < 4.78 is 0. The van der Waals surface area contributed by atoms with Crippen LogP contribution in [0.4, 0.5) is 17.5 Å². The maximum absolute atomic E-state index is 10.8. The molecule has 0 atom stereocenters. The Morgan fingerprint density at radius 1 is 1.06 bits per heavy atom. The smallest absolute Gasteiger partial charge is 0.196 e. The molecule has 1 saturated heterocycles. The van der Waals surface area contributed by atoms with Crippen molar-refractivity contribution in [1.29, 1.82) is 0 Å². The summed E-state index contributed by atoms with van der Waals surface area (Å²) in [4.78, 5) is 12.8. The zero-order valence-corrected chi connectivity index (χ0v) is 18.6. The molecule has 3 N–H and O–H groups in total. The van der Waals surface area contributed by atoms with E-state index in [1.54, 1.807) is 0 Å². The van der Waals surface area contributed by atoms with Gasteiger partial charge in [0.15, 0.2) is 11.0 Å². The van der Waals surface area contributed by atoms with Crippen molar-refractivity contribution in [3.8, 4) is 0 Å². The molecule has 0 unspecified atom stereocenters. The van der Waals surface area contributed by atoms with E-state index in [1.165, 1.54) is 22.5 Å². The Bertz CT molecular complexity index is 1310. The predicted molar refractivity (Wildman–Crippen MR) is 133 cm³/mol. The molecule has 2 aromatic carbocycles. The van der Waals surface area contributed by atoms with Crippen molar-refractivity contribution in [3.63, 3.8) is 0 Å². The van der Waals surface area contributed by atoms with Gasteiger partial charge in [-0.15, -0.1) is 0 Å². The molecule has 0 amide bonds. The van der Waals surface area contributed by atoms with Gasteiger partial charge in [-0.25, -0.2) is 9.97 Å².